The molecule has 5 nitrogen and oxygen atoms in total. The van der Waals surface area contributed by atoms with Gasteiger partial charge in [0.1, 0.15) is 6.04 Å². The van der Waals surface area contributed by atoms with E-state index in [0.29, 0.717) is 19.6 Å². The first kappa shape index (κ1) is 15.5. The predicted molar refractivity (Wildman–Crippen MR) is 80.9 cm³/mol. The van der Waals surface area contributed by atoms with Gasteiger partial charge in [-0.05, 0) is 12.0 Å². The lowest BCUT2D eigenvalue weighted by Crippen LogP contribution is -2.48. The van der Waals surface area contributed by atoms with Gasteiger partial charge in [0, 0.05) is 31.3 Å². The third kappa shape index (κ3) is 3.42. The number of amides is 2. The van der Waals surface area contributed by atoms with Crippen molar-refractivity contribution >= 4 is 17.5 Å². The van der Waals surface area contributed by atoms with Crippen molar-refractivity contribution < 1.29 is 14.3 Å². The molecule has 0 aliphatic carbocycles. The first-order valence-corrected chi connectivity index (χ1v) is 7.22. The van der Waals surface area contributed by atoms with Crippen molar-refractivity contribution in [2.75, 3.05) is 18.6 Å². The van der Waals surface area contributed by atoms with Crippen LogP contribution in [0.1, 0.15) is 25.8 Å². The van der Waals surface area contributed by atoms with E-state index in [0.717, 1.165) is 11.3 Å². The van der Waals surface area contributed by atoms with E-state index in [-0.39, 0.29) is 17.7 Å². The summed E-state index contributed by atoms with van der Waals surface area (Å²) in [4.78, 5) is 26.3. The molecular formula is C16H22N2O3. The maximum atomic E-state index is 12.8. The van der Waals surface area contributed by atoms with Crippen molar-refractivity contribution in [3.05, 3.63) is 29.8 Å². The average Bonchev–Trinajstić information content (AvgIpc) is 2.60. The van der Waals surface area contributed by atoms with Crippen LogP contribution < -0.4 is 10.2 Å². The summed E-state index contributed by atoms with van der Waals surface area (Å²) >= 11 is 0. The maximum absolute atomic E-state index is 12.8. The first-order valence-electron chi connectivity index (χ1n) is 7.22. The van der Waals surface area contributed by atoms with E-state index in [4.69, 9.17) is 4.74 Å². The molecule has 2 rings (SSSR count). The number of hydrogen-bond acceptors (Lipinski definition) is 3. The van der Waals surface area contributed by atoms with E-state index < -0.39 is 6.04 Å². The molecule has 0 saturated carbocycles. The number of methoxy groups -OCH3 is 1. The Labute approximate surface area is 125 Å². The van der Waals surface area contributed by atoms with Gasteiger partial charge in [0.05, 0.1) is 6.61 Å². The number of carbonyl (C=O) groups is 2. The van der Waals surface area contributed by atoms with Crippen molar-refractivity contribution in [2.24, 2.45) is 5.92 Å². The zero-order valence-corrected chi connectivity index (χ0v) is 12.8. The third-order valence-corrected chi connectivity index (χ3v) is 3.66. The molecule has 1 atom stereocenters. The molecule has 0 aromatic heterocycles. The third-order valence-electron chi connectivity index (χ3n) is 3.66. The molecule has 1 aliphatic heterocycles. The Bertz CT molecular complexity index is 528. The lowest BCUT2D eigenvalue weighted by Gasteiger charge is -2.27. The van der Waals surface area contributed by atoms with Gasteiger partial charge in [-0.25, -0.2) is 0 Å². The molecule has 0 radical (unpaired) electrons. The van der Waals surface area contributed by atoms with Gasteiger partial charge in [-0.15, -0.1) is 0 Å². The quantitative estimate of drug-likeness (QED) is 0.918. The van der Waals surface area contributed by atoms with Crippen LogP contribution in [0.2, 0.25) is 0 Å². The van der Waals surface area contributed by atoms with Crippen LogP contribution in [0.4, 0.5) is 5.69 Å². The fraction of sp³-hybridized carbons (Fsp3) is 0.500. The molecule has 1 heterocycles. The molecule has 2 amide bonds. The summed E-state index contributed by atoms with van der Waals surface area (Å²) in [6.45, 7) is 4.71. The molecule has 1 saturated heterocycles. The van der Waals surface area contributed by atoms with Gasteiger partial charge < -0.3 is 15.0 Å². The van der Waals surface area contributed by atoms with Gasteiger partial charge in [-0.2, -0.15) is 0 Å². The summed E-state index contributed by atoms with van der Waals surface area (Å²) in [5.41, 5.74) is 1.77. The van der Waals surface area contributed by atoms with Crippen LogP contribution in [0.3, 0.4) is 0 Å². The highest BCUT2D eigenvalue weighted by atomic mass is 16.5. The van der Waals surface area contributed by atoms with E-state index in [9.17, 15) is 9.59 Å². The summed E-state index contributed by atoms with van der Waals surface area (Å²) in [7, 11) is 1.63. The molecule has 1 unspecified atom stereocenters. The van der Waals surface area contributed by atoms with Crippen molar-refractivity contribution in [3.63, 3.8) is 0 Å². The predicted octanol–water partition coefficient (Wildman–Crippen LogP) is 1.71. The molecule has 114 valence electrons. The standard InChI is InChI=1S/C16H22N2O3/c1-11(2)15-16(20)18(9-8-14(19)17-15)13-7-5-4-6-12(13)10-21-3/h4-7,11,15H,8-10H2,1-3H3,(H,17,19). The monoisotopic (exact) mass is 290 g/mol. The molecule has 1 aliphatic rings. The highest BCUT2D eigenvalue weighted by molar-refractivity contribution is 6.01. The Morgan fingerprint density at radius 2 is 2.05 bits per heavy atom. The molecule has 1 fully saturated rings. The van der Waals surface area contributed by atoms with Crippen molar-refractivity contribution in [2.45, 2.75) is 32.9 Å². The highest BCUT2D eigenvalue weighted by Crippen LogP contribution is 2.24. The van der Waals surface area contributed by atoms with Crippen molar-refractivity contribution in [1.29, 1.82) is 0 Å². The molecule has 5 heteroatoms. The molecule has 0 spiro atoms. The molecule has 1 aromatic rings. The van der Waals surface area contributed by atoms with Crippen LogP contribution in [0.15, 0.2) is 24.3 Å². The summed E-state index contributed by atoms with van der Waals surface area (Å²) < 4.78 is 5.20. The molecular weight excluding hydrogens is 268 g/mol. The van der Waals surface area contributed by atoms with Crippen LogP contribution in [0, 0.1) is 5.92 Å². The number of rotatable bonds is 4. The second kappa shape index (κ2) is 6.72. The number of carbonyl (C=O) groups excluding carboxylic acids is 2. The Kier molecular flexibility index (Phi) is 4.96. The van der Waals surface area contributed by atoms with Crippen LogP contribution in [-0.2, 0) is 20.9 Å². The minimum Gasteiger partial charge on any atom is -0.380 e. The maximum Gasteiger partial charge on any atom is 0.249 e. The topological polar surface area (TPSA) is 58.6 Å². The van der Waals surface area contributed by atoms with Crippen molar-refractivity contribution in [1.82, 2.24) is 5.32 Å². The zero-order chi connectivity index (χ0) is 15.4. The summed E-state index contributed by atoms with van der Waals surface area (Å²) in [6.07, 6.45) is 0.316. The Morgan fingerprint density at radius 1 is 1.33 bits per heavy atom. The fourth-order valence-corrected chi connectivity index (χ4v) is 2.54. The van der Waals surface area contributed by atoms with Gasteiger partial charge in [0.25, 0.3) is 0 Å². The lowest BCUT2D eigenvalue weighted by molar-refractivity contribution is -0.126. The number of hydrogen-bond donors (Lipinski definition) is 1. The first-order chi connectivity index (χ1) is 10.0. The minimum absolute atomic E-state index is 0.0524. The average molecular weight is 290 g/mol. The molecule has 1 aromatic carbocycles. The number of nitrogens with one attached hydrogen (secondary N) is 1. The normalized spacial score (nSPS) is 19.6. The molecule has 1 N–H and O–H groups in total. The second-order valence-electron chi connectivity index (χ2n) is 5.59. The van der Waals surface area contributed by atoms with Gasteiger partial charge in [-0.3, -0.25) is 9.59 Å². The largest absolute Gasteiger partial charge is 0.380 e. The number of nitrogens with zero attached hydrogens (tertiary/aromatic N) is 1. The zero-order valence-electron chi connectivity index (χ0n) is 12.8. The van der Waals surface area contributed by atoms with E-state index >= 15 is 0 Å². The lowest BCUT2D eigenvalue weighted by atomic mass is 10.0. The fourth-order valence-electron chi connectivity index (χ4n) is 2.54. The summed E-state index contributed by atoms with van der Waals surface area (Å²) in [5, 5.41) is 2.82. The Morgan fingerprint density at radius 3 is 2.71 bits per heavy atom. The van der Waals surface area contributed by atoms with Crippen LogP contribution in [-0.4, -0.2) is 31.5 Å². The van der Waals surface area contributed by atoms with E-state index in [1.807, 2.05) is 38.1 Å². The Balaban J connectivity index is 2.37. The van der Waals surface area contributed by atoms with Crippen molar-refractivity contribution in [3.8, 4) is 0 Å². The van der Waals surface area contributed by atoms with Gasteiger partial charge >= 0.3 is 0 Å². The summed E-state index contributed by atoms with van der Waals surface area (Å²) in [6, 6.07) is 7.18. The smallest absolute Gasteiger partial charge is 0.249 e. The number of anilines is 1. The highest BCUT2D eigenvalue weighted by Gasteiger charge is 2.33. The minimum atomic E-state index is -0.476. The molecule has 0 bridgehead atoms. The van der Waals surface area contributed by atoms with E-state index in [2.05, 4.69) is 5.32 Å². The Hall–Kier alpha value is -1.88. The number of benzene rings is 1. The van der Waals surface area contributed by atoms with Gasteiger partial charge in [0.15, 0.2) is 0 Å². The summed E-state index contributed by atoms with van der Waals surface area (Å²) in [5.74, 6) is -0.0789. The second-order valence-corrected chi connectivity index (χ2v) is 5.59. The van der Waals surface area contributed by atoms with Gasteiger partial charge in [0.2, 0.25) is 11.8 Å². The number of ether oxygens (including phenoxy) is 1. The SMILES string of the molecule is COCc1ccccc1N1CCC(=O)NC(C(C)C)C1=O. The van der Waals surface area contributed by atoms with Gasteiger partial charge in [-0.1, -0.05) is 32.0 Å². The van der Waals surface area contributed by atoms with Crippen LogP contribution in [0.25, 0.3) is 0 Å². The molecule has 21 heavy (non-hydrogen) atoms. The van der Waals surface area contributed by atoms with E-state index in [1.54, 1.807) is 12.0 Å². The van der Waals surface area contributed by atoms with Crippen LogP contribution >= 0.6 is 0 Å². The van der Waals surface area contributed by atoms with Crippen LogP contribution in [0.5, 0.6) is 0 Å². The van der Waals surface area contributed by atoms with E-state index in [1.165, 1.54) is 0 Å². The number of para-hydroxylation sites is 1.